The highest BCUT2D eigenvalue weighted by Gasteiger charge is 2.26. The minimum atomic E-state index is -0.670. The topological polar surface area (TPSA) is 117 Å². The molecule has 8 nitrogen and oxygen atoms in total. The van der Waals surface area contributed by atoms with Crippen LogP contribution in [0.4, 0.5) is 15.9 Å². The molecule has 1 fully saturated rings. The minimum absolute atomic E-state index is 0.178. The summed E-state index contributed by atoms with van der Waals surface area (Å²) in [5.41, 5.74) is 6.68. The van der Waals surface area contributed by atoms with Gasteiger partial charge in [-0.15, -0.1) is 0 Å². The second-order valence-corrected chi connectivity index (χ2v) is 6.96. The van der Waals surface area contributed by atoms with Crippen molar-refractivity contribution in [2.75, 3.05) is 24.1 Å². The SMILES string of the molecule is CC1CCCN(C(=O)C(=O)Nc2cnc(N)c3cn[nH]c23)C1.Fc1ccccc1. The van der Waals surface area contributed by atoms with Gasteiger partial charge in [-0.1, -0.05) is 25.1 Å². The van der Waals surface area contributed by atoms with E-state index in [9.17, 15) is 14.0 Å². The molecular weight excluding hydrogens is 375 g/mol. The van der Waals surface area contributed by atoms with Crippen LogP contribution in [0.5, 0.6) is 0 Å². The number of hydrogen-bond acceptors (Lipinski definition) is 5. The van der Waals surface area contributed by atoms with Gasteiger partial charge in [0.25, 0.3) is 0 Å². The Balaban J connectivity index is 0.000000290. The third-order valence-electron chi connectivity index (χ3n) is 4.64. The molecular formula is C20H23FN6O2. The van der Waals surface area contributed by atoms with Crippen LogP contribution in [0.25, 0.3) is 10.9 Å². The first-order valence-electron chi connectivity index (χ1n) is 9.34. The number of pyridine rings is 1. The zero-order valence-corrected chi connectivity index (χ0v) is 16.1. The van der Waals surface area contributed by atoms with Crippen LogP contribution >= 0.6 is 0 Å². The quantitative estimate of drug-likeness (QED) is 0.545. The lowest BCUT2D eigenvalue weighted by atomic mass is 10.0. The van der Waals surface area contributed by atoms with E-state index in [2.05, 4.69) is 27.4 Å². The van der Waals surface area contributed by atoms with Crippen LogP contribution in [0.15, 0.2) is 42.7 Å². The highest BCUT2D eigenvalue weighted by molar-refractivity contribution is 6.40. The number of aromatic amines is 1. The van der Waals surface area contributed by atoms with Gasteiger partial charge in [-0.05, 0) is 30.9 Å². The lowest BCUT2D eigenvalue weighted by Crippen LogP contribution is -2.44. The number of amides is 2. The second-order valence-electron chi connectivity index (χ2n) is 6.96. The summed E-state index contributed by atoms with van der Waals surface area (Å²) in [6.07, 6.45) is 4.96. The van der Waals surface area contributed by atoms with E-state index in [-0.39, 0.29) is 5.82 Å². The van der Waals surface area contributed by atoms with E-state index in [1.807, 2.05) is 0 Å². The zero-order valence-electron chi connectivity index (χ0n) is 16.1. The molecule has 0 bridgehead atoms. The smallest absolute Gasteiger partial charge is 0.314 e. The summed E-state index contributed by atoms with van der Waals surface area (Å²) in [4.78, 5) is 30.0. The summed E-state index contributed by atoms with van der Waals surface area (Å²) in [6.45, 7) is 3.32. The zero-order chi connectivity index (χ0) is 20.8. The number of H-pyrrole nitrogens is 1. The molecule has 29 heavy (non-hydrogen) atoms. The third-order valence-corrected chi connectivity index (χ3v) is 4.64. The number of piperidine rings is 1. The fraction of sp³-hybridized carbons (Fsp3) is 0.300. The van der Waals surface area contributed by atoms with Gasteiger partial charge in [0.2, 0.25) is 0 Å². The minimum Gasteiger partial charge on any atom is -0.383 e. The Bertz CT molecular complexity index is 991. The van der Waals surface area contributed by atoms with E-state index < -0.39 is 11.8 Å². The lowest BCUT2D eigenvalue weighted by molar-refractivity contribution is -0.144. The number of nitrogens with two attached hydrogens (primary N) is 1. The first-order chi connectivity index (χ1) is 14.0. The average molecular weight is 398 g/mol. The Kier molecular flexibility index (Phi) is 6.38. The molecule has 2 aromatic heterocycles. The van der Waals surface area contributed by atoms with Gasteiger partial charge in [0, 0.05) is 13.1 Å². The van der Waals surface area contributed by atoms with Crippen molar-refractivity contribution in [1.29, 1.82) is 0 Å². The van der Waals surface area contributed by atoms with E-state index >= 15 is 0 Å². The molecule has 1 aromatic carbocycles. The molecule has 1 unspecified atom stereocenters. The maximum absolute atomic E-state index is 12.2. The number of nitrogen functional groups attached to an aromatic ring is 1. The Hall–Kier alpha value is -3.49. The second kappa shape index (κ2) is 9.13. The Morgan fingerprint density at radius 3 is 2.69 bits per heavy atom. The van der Waals surface area contributed by atoms with Gasteiger partial charge in [-0.2, -0.15) is 5.10 Å². The van der Waals surface area contributed by atoms with Gasteiger partial charge < -0.3 is 16.0 Å². The van der Waals surface area contributed by atoms with Gasteiger partial charge in [-0.3, -0.25) is 14.7 Å². The molecule has 1 aliphatic rings. The number of nitrogens with one attached hydrogen (secondary N) is 2. The molecule has 1 atom stereocenters. The molecule has 0 aliphatic carbocycles. The van der Waals surface area contributed by atoms with Gasteiger partial charge in [0.15, 0.2) is 0 Å². The summed E-state index contributed by atoms with van der Waals surface area (Å²) in [6, 6.07) is 7.94. The molecule has 0 saturated carbocycles. The van der Waals surface area contributed by atoms with Crippen molar-refractivity contribution in [2.24, 2.45) is 5.92 Å². The van der Waals surface area contributed by atoms with Crippen molar-refractivity contribution in [1.82, 2.24) is 20.1 Å². The number of halogens is 1. The van der Waals surface area contributed by atoms with Crippen molar-refractivity contribution in [3.63, 3.8) is 0 Å². The number of carbonyl (C=O) groups is 2. The fourth-order valence-electron chi connectivity index (χ4n) is 3.16. The van der Waals surface area contributed by atoms with E-state index in [0.29, 0.717) is 41.4 Å². The number of likely N-dealkylation sites (tertiary alicyclic amines) is 1. The summed E-state index contributed by atoms with van der Waals surface area (Å²) < 4.78 is 11.9. The van der Waals surface area contributed by atoms with Crippen molar-refractivity contribution in [3.8, 4) is 0 Å². The molecule has 4 N–H and O–H groups in total. The number of carbonyl (C=O) groups excluding carboxylic acids is 2. The number of aromatic nitrogens is 3. The lowest BCUT2D eigenvalue weighted by Gasteiger charge is -2.30. The predicted octanol–water partition coefficient (Wildman–Crippen LogP) is 2.56. The summed E-state index contributed by atoms with van der Waals surface area (Å²) >= 11 is 0. The molecule has 1 aliphatic heterocycles. The van der Waals surface area contributed by atoms with Crippen LogP contribution in [0.3, 0.4) is 0 Å². The van der Waals surface area contributed by atoms with Crippen molar-refractivity contribution in [3.05, 3.63) is 48.5 Å². The molecule has 4 rings (SSSR count). The highest BCUT2D eigenvalue weighted by atomic mass is 19.1. The number of rotatable bonds is 1. The molecule has 2 amide bonds. The molecule has 0 spiro atoms. The summed E-state index contributed by atoms with van der Waals surface area (Å²) in [7, 11) is 0. The van der Waals surface area contributed by atoms with E-state index in [1.54, 1.807) is 23.1 Å². The molecule has 1 saturated heterocycles. The van der Waals surface area contributed by atoms with Gasteiger partial charge in [0.1, 0.15) is 11.6 Å². The number of nitrogens with zero attached hydrogens (tertiary/aromatic N) is 3. The Labute approximate surface area is 167 Å². The first kappa shape index (κ1) is 20.2. The number of fused-ring (bicyclic) bond motifs is 1. The predicted molar refractivity (Wildman–Crippen MR) is 108 cm³/mol. The normalized spacial score (nSPS) is 16.1. The van der Waals surface area contributed by atoms with E-state index in [4.69, 9.17) is 5.73 Å². The first-order valence-corrected chi connectivity index (χ1v) is 9.34. The number of benzene rings is 1. The standard InChI is InChI=1S/C14H18N6O2.C6H5F/c1-8-3-2-4-20(7-8)14(22)13(21)18-10-6-16-12(15)9-5-17-19-11(9)10;7-6-4-2-1-3-5-6/h5-6,8H,2-4,7H2,1H3,(H2,15,16)(H,17,19)(H,18,21);1-5H. The van der Waals surface area contributed by atoms with Gasteiger partial charge in [-0.25, -0.2) is 9.37 Å². The van der Waals surface area contributed by atoms with Crippen LogP contribution in [-0.4, -0.2) is 45.0 Å². The van der Waals surface area contributed by atoms with E-state index in [0.717, 1.165) is 12.8 Å². The van der Waals surface area contributed by atoms with Crippen molar-refractivity contribution >= 4 is 34.2 Å². The molecule has 0 radical (unpaired) electrons. The molecule has 3 aromatic rings. The molecule has 152 valence electrons. The van der Waals surface area contributed by atoms with Crippen LogP contribution in [0, 0.1) is 11.7 Å². The van der Waals surface area contributed by atoms with Crippen molar-refractivity contribution in [2.45, 2.75) is 19.8 Å². The van der Waals surface area contributed by atoms with Crippen LogP contribution in [-0.2, 0) is 9.59 Å². The maximum Gasteiger partial charge on any atom is 0.314 e. The average Bonchev–Trinajstić information content (AvgIpc) is 3.22. The van der Waals surface area contributed by atoms with Crippen LogP contribution in [0.2, 0.25) is 0 Å². The number of hydrogen-bond donors (Lipinski definition) is 3. The number of anilines is 2. The monoisotopic (exact) mass is 398 g/mol. The Morgan fingerprint density at radius 1 is 1.28 bits per heavy atom. The highest BCUT2D eigenvalue weighted by Crippen LogP contribution is 2.24. The Morgan fingerprint density at radius 2 is 2.03 bits per heavy atom. The van der Waals surface area contributed by atoms with Gasteiger partial charge in [0.05, 0.1) is 29.0 Å². The van der Waals surface area contributed by atoms with Crippen LogP contribution < -0.4 is 11.1 Å². The third kappa shape index (κ3) is 5.07. The molecule has 3 heterocycles. The van der Waals surface area contributed by atoms with Crippen molar-refractivity contribution < 1.29 is 14.0 Å². The maximum atomic E-state index is 12.2. The van der Waals surface area contributed by atoms with Crippen LogP contribution in [0.1, 0.15) is 19.8 Å². The summed E-state index contributed by atoms with van der Waals surface area (Å²) in [5, 5.41) is 9.83. The largest absolute Gasteiger partial charge is 0.383 e. The van der Waals surface area contributed by atoms with Gasteiger partial charge >= 0.3 is 11.8 Å². The van der Waals surface area contributed by atoms with E-state index in [1.165, 1.54) is 24.5 Å². The molecule has 9 heteroatoms. The summed E-state index contributed by atoms with van der Waals surface area (Å²) in [5.74, 6) is -0.629. The fourth-order valence-corrected chi connectivity index (χ4v) is 3.16.